The Labute approximate surface area is 228 Å². The van der Waals surface area contributed by atoms with E-state index in [1.165, 1.54) is 19.4 Å². The zero-order valence-corrected chi connectivity index (χ0v) is 23.1. The van der Waals surface area contributed by atoms with E-state index < -0.39 is 12.1 Å². The van der Waals surface area contributed by atoms with Crippen molar-refractivity contribution in [2.45, 2.75) is 84.0 Å². The van der Waals surface area contributed by atoms with Crippen LogP contribution in [-0.2, 0) is 0 Å². The predicted molar refractivity (Wildman–Crippen MR) is 147 cm³/mol. The van der Waals surface area contributed by atoms with Gasteiger partial charge in [0.05, 0.1) is 24.9 Å². The number of benzene rings is 1. The van der Waals surface area contributed by atoms with Crippen LogP contribution in [0.3, 0.4) is 0 Å². The molecule has 0 spiro atoms. The maximum atomic E-state index is 16.3. The molecule has 9 heteroatoms. The molecule has 2 aliphatic carbocycles. The Hall–Kier alpha value is -3.36. The second-order valence-electron chi connectivity index (χ2n) is 11.4. The van der Waals surface area contributed by atoms with Gasteiger partial charge in [-0.3, -0.25) is 0 Å². The van der Waals surface area contributed by atoms with Gasteiger partial charge in [0.2, 0.25) is 0 Å². The Morgan fingerprint density at radius 2 is 1.90 bits per heavy atom. The average molecular weight is 538 g/mol. The molecule has 0 amide bonds. The van der Waals surface area contributed by atoms with Crippen molar-refractivity contribution >= 4 is 5.82 Å². The quantitative estimate of drug-likeness (QED) is 0.334. The van der Waals surface area contributed by atoms with Gasteiger partial charge in [-0.15, -0.1) is 10.2 Å². The van der Waals surface area contributed by atoms with Crippen LogP contribution >= 0.6 is 0 Å². The molecule has 2 fully saturated rings. The van der Waals surface area contributed by atoms with Gasteiger partial charge in [0, 0.05) is 23.2 Å². The molecule has 2 heterocycles. The highest BCUT2D eigenvalue weighted by Gasteiger charge is 2.46. The monoisotopic (exact) mass is 537 g/mol. The number of hydrogen-bond acceptors (Lipinski definition) is 7. The summed E-state index contributed by atoms with van der Waals surface area (Å²) < 4.78 is 35.0. The Kier molecular flexibility index (Phi) is 7.69. The fraction of sp³-hybridized carbons (Fsp3) is 0.533. The van der Waals surface area contributed by atoms with Crippen LogP contribution in [0.25, 0.3) is 22.5 Å². The highest BCUT2D eigenvalue weighted by atomic mass is 19.1. The maximum Gasteiger partial charge on any atom is 0.255 e. The lowest BCUT2D eigenvalue weighted by molar-refractivity contribution is 0.0577. The van der Waals surface area contributed by atoms with Crippen molar-refractivity contribution in [1.82, 2.24) is 20.2 Å². The summed E-state index contributed by atoms with van der Waals surface area (Å²) in [6.45, 7) is 6.40. The van der Waals surface area contributed by atoms with Crippen LogP contribution in [-0.4, -0.2) is 50.6 Å². The van der Waals surface area contributed by atoms with Crippen LogP contribution in [0.1, 0.15) is 65.7 Å². The molecule has 1 aromatic carbocycles. The number of phenolic OH excluding ortho intramolecular Hbond substituents is 1. The summed E-state index contributed by atoms with van der Waals surface area (Å²) in [5, 5.41) is 19.6. The summed E-state index contributed by atoms with van der Waals surface area (Å²) in [5.74, 6) is 0.570. The van der Waals surface area contributed by atoms with E-state index in [4.69, 9.17) is 4.74 Å². The Balaban J connectivity index is 1.42. The SMILES string of the molecule is CC[C@]1(C)CCCC(C)C[C@H](N(c2cnc(-c3ccc(-c4cnc(F)c(OC)c4)cc3O)nn2)C2CC2)[C@@H]1F. The van der Waals surface area contributed by atoms with E-state index in [9.17, 15) is 9.50 Å². The Morgan fingerprint density at radius 1 is 1.10 bits per heavy atom. The number of aromatic nitrogens is 4. The van der Waals surface area contributed by atoms with E-state index in [1.807, 2.05) is 0 Å². The van der Waals surface area contributed by atoms with Crippen molar-refractivity contribution in [3.05, 3.63) is 42.6 Å². The van der Waals surface area contributed by atoms with Crippen molar-refractivity contribution in [3.8, 4) is 34.0 Å². The topological polar surface area (TPSA) is 84.3 Å². The van der Waals surface area contributed by atoms with Crippen LogP contribution in [0.2, 0.25) is 0 Å². The molecule has 39 heavy (non-hydrogen) atoms. The minimum absolute atomic E-state index is 0.0212. The number of anilines is 1. The number of hydrogen-bond donors (Lipinski definition) is 1. The first-order valence-corrected chi connectivity index (χ1v) is 13.9. The van der Waals surface area contributed by atoms with Crippen molar-refractivity contribution in [3.63, 3.8) is 0 Å². The minimum atomic E-state index is -0.969. The molecule has 0 saturated heterocycles. The van der Waals surface area contributed by atoms with Crippen LogP contribution in [0, 0.1) is 17.3 Å². The number of ether oxygens (including phenoxy) is 1. The summed E-state index contributed by atoms with van der Waals surface area (Å²) in [6.07, 6.45) is 8.72. The van der Waals surface area contributed by atoms with Gasteiger partial charge >= 0.3 is 0 Å². The minimum Gasteiger partial charge on any atom is -0.507 e. The van der Waals surface area contributed by atoms with E-state index >= 15 is 4.39 Å². The highest BCUT2D eigenvalue weighted by Crippen LogP contribution is 2.45. The molecule has 0 radical (unpaired) electrons. The summed E-state index contributed by atoms with van der Waals surface area (Å²) in [5.41, 5.74) is 1.28. The van der Waals surface area contributed by atoms with E-state index in [2.05, 4.69) is 45.8 Å². The summed E-state index contributed by atoms with van der Waals surface area (Å²) in [4.78, 5) is 10.4. The lowest BCUT2D eigenvalue weighted by Crippen LogP contribution is -2.51. The van der Waals surface area contributed by atoms with Gasteiger partial charge in [-0.05, 0) is 61.8 Å². The van der Waals surface area contributed by atoms with E-state index in [1.54, 1.807) is 24.4 Å². The smallest absolute Gasteiger partial charge is 0.255 e. The third-order valence-corrected chi connectivity index (χ3v) is 8.61. The van der Waals surface area contributed by atoms with E-state index in [0.29, 0.717) is 28.4 Å². The highest BCUT2D eigenvalue weighted by molar-refractivity contribution is 5.73. The summed E-state index contributed by atoms with van der Waals surface area (Å²) in [6, 6.07) is 6.51. The molecule has 2 aromatic heterocycles. The molecule has 4 atom stereocenters. The lowest BCUT2D eigenvalue weighted by atomic mass is 9.71. The van der Waals surface area contributed by atoms with Gasteiger partial charge in [0.25, 0.3) is 5.95 Å². The van der Waals surface area contributed by atoms with Crippen LogP contribution < -0.4 is 9.64 Å². The van der Waals surface area contributed by atoms with Gasteiger partial charge in [-0.25, -0.2) is 14.4 Å². The lowest BCUT2D eigenvalue weighted by Gasteiger charge is -2.45. The second kappa shape index (κ2) is 11.0. The van der Waals surface area contributed by atoms with Crippen LogP contribution in [0.15, 0.2) is 36.7 Å². The van der Waals surface area contributed by atoms with E-state index in [-0.39, 0.29) is 34.8 Å². The predicted octanol–water partition coefficient (Wildman–Crippen LogP) is 6.76. The van der Waals surface area contributed by atoms with Crippen LogP contribution in [0.5, 0.6) is 11.5 Å². The fourth-order valence-electron chi connectivity index (χ4n) is 5.85. The van der Waals surface area contributed by atoms with Gasteiger partial charge in [0.15, 0.2) is 17.4 Å². The molecule has 3 aromatic rings. The molecule has 5 rings (SSSR count). The number of phenols is 1. The normalized spacial score (nSPS) is 25.5. The first-order chi connectivity index (χ1) is 18.7. The summed E-state index contributed by atoms with van der Waals surface area (Å²) >= 11 is 0. The van der Waals surface area contributed by atoms with Gasteiger partial charge in [-0.2, -0.15) is 4.39 Å². The zero-order chi connectivity index (χ0) is 27.7. The number of halogens is 2. The van der Waals surface area contributed by atoms with E-state index in [0.717, 1.165) is 44.9 Å². The van der Waals surface area contributed by atoms with Crippen molar-refractivity contribution in [1.29, 1.82) is 0 Å². The summed E-state index contributed by atoms with van der Waals surface area (Å²) in [7, 11) is 1.37. The largest absolute Gasteiger partial charge is 0.507 e. The molecule has 0 aliphatic heterocycles. The number of rotatable bonds is 7. The number of pyridine rings is 1. The van der Waals surface area contributed by atoms with Gasteiger partial charge < -0.3 is 14.7 Å². The molecule has 2 aliphatic rings. The molecule has 0 bridgehead atoms. The fourth-order valence-corrected chi connectivity index (χ4v) is 5.85. The van der Waals surface area contributed by atoms with Gasteiger partial charge in [0.1, 0.15) is 11.9 Å². The molecule has 7 nitrogen and oxygen atoms in total. The third kappa shape index (κ3) is 5.54. The van der Waals surface area contributed by atoms with Crippen molar-refractivity contribution in [2.24, 2.45) is 11.3 Å². The standard InChI is InChI=1S/C30H37F2N5O2/c1-5-30(3)12-6-7-18(2)13-23(27(30)31)37(21-9-10-21)26-17-34-29(36-35-26)22-11-8-19(14-24(22)38)20-15-25(39-4)28(32)33-16-20/h8,11,14-18,21,23,27,38H,5-7,9-10,12-13H2,1-4H3/t18?,23-,27-,30+/m0/s1. The molecular weight excluding hydrogens is 500 g/mol. The zero-order valence-electron chi connectivity index (χ0n) is 23.1. The number of alkyl halides is 1. The molecule has 208 valence electrons. The number of methoxy groups -OCH3 is 1. The Morgan fingerprint density at radius 3 is 2.54 bits per heavy atom. The molecular formula is C30H37F2N5O2. The Bertz CT molecular complexity index is 1300. The first-order valence-electron chi connectivity index (χ1n) is 13.9. The molecule has 2 saturated carbocycles. The molecule has 1 N–H and O–H groups in total. The first kappa shape index (κ1) is 27.2. The van der Waals surface area contributed by atoms with Crippen LogP contribution in [0.4, 0.5) is 14.6 Å². The maximum absolute atomic E-state index is 16.3. The average Bonchev–Trinajstić information content (AvgIpc) is 3.77. The third-order valence-electron chi connectivity index (χ3n) is 8.61. The van der Waals surface area contributed by atoms with Crippen molar-refractivity contribution in [2.75, 3.05) is 12.0 Å². The molecule has 1 unspecified atom stereocenters. The number of aromatic hydroxyl groups is 1. The van der Waals surface area contributed by atoms with Crippen molar-refractivity contribution < 1.29 is 18.6 Å². The number of nitrogens with zero attached hydrogens (tertiary/aromatic N) is 5. The van der Waals surface area contributed by atoms with Gasteiger partial charge in [-0.1, -0.05) is 39.7 Å². The second-order valence-corrected chi connectivity index (χ2v) is 11.4.